The van der Waals surface area contributed by atoms with Crippen LogP contribution in [-0.4, -0.2) is 22.3 Å². The summed E-state index contributed by atoms with van der Waals surface area (Å²) in [7, 11) is 0. The summed E-state index contributed by atoms with van der Waals surface area (Å²) < 4.78 is 0.709. The van der Waals surface area contributed by atoms with Gasteiger partial charge in [-0.2, -0.15) is 0 Å². The summed E-state index contributed by atoms with van der Waals surface area (Å²) in [5, 5.41) is 0. The second kappa shape index (κ2) is 6.52. The number of carbonyl (C=O) groups excluding carboxylic acids is 1. The van der Waals surface area contributed by atoms with Crippen LogP contribution in [0.3, 0.4) is 0 Å². The number of hydrogen-bond acceptors (Lipinski definition) is 3. The summed E-state index contributed by atoms with van der Waals surface area (Å²) >= 11 is 3.36. The maximum Gasteiger partial charge on any atom is 0.273 e. The average molecular weight is 334 g/mol. The summed E-state index contributed by atoms with van der Waals surface area (Å²) in [4.78, 5) is 18.4. The zero-order valence-electron chi connectivity index (χ0n) is 11.2. The Hall–Kier alpha value is -1.88. The van der Waals surface area contributed by atoms with Crippen molar-refractivity contribution in [2.45, 2.75) is 13.5 Å². The van der Waals surface area contributed by atoms with E-state index >= 15 is 0 Å². The lowest BCUT2D eigenvalue weighted by atomic mass is 10.2. The van der Waals surface area contributed by atoms with E-state index in [-0.39, 0.29) is 5.91 Å². The van der Waals surface area contributed by atoms with Gasteiger partial charge in [0.2, 0.25) is 0 Å². The number of nitrogens with zero attached hydrogens (tertiary/aromatic N) is 2. The monoisotopic (exact) mass is 333 g/mol. The molecule has 0 unspecified atom stereocenters. The Labute approximate surface area is 126 Å². The Morgan fingerprint density at radius 2 is 2.00 bits per heavy atom. The maximum atomic E-state index is 12.5. The average Bonchev–Trinajstić information content (AvgIpc) is 2.46. The van der Waals surface area contributed by atoms with E-state index in [1.807, 2.05) is 37.3 Å². The molecule has 0 aliphatic rings. The van der Waals surface area contributed by atoms with Crippen molar-refractivity contribution < 1.29 is 4.79 Å². The molecular weight excluding hydrogens is 318 g/mol. The molecule has 2 rings (SSSR count). The first-order valence-corrected chi connectivity index (χ1v) is 7.15. The van der Waals surface area contributed by atoms with Gasteiger partial charge in [0.15, 0.2) is 0 Å². The second-order valence-electron chi connectivity index (χ2n) is 4.39. The largest absolute Gasteiger partial charge is 0.399 e. The maximum absolute atomic E-state index is 12.5. The lowest BCUT2D eigenvalue weighted by molar-refractivity contribution is 0.0745. The lowest BCUT2D eigenvalue weighted by Gasteiger charge is -2.21. The highest BCUT2D eigenvalue weighted by Gasteiger charge is 2.18. The van der Waals surface area contributed by atoms with Crippen molar-refractivity contribution in [3.8, 4) is 0 Å². The van der Waals surface area contributed by atoms with Crippen molar-refractivity contribution in [3.05, 3.63) is 58.3 Å². The summed E-state index contributed by atoms with van der Waals surface area (Å²) in [6, 6.07) is 11.1. The number of nitrogens with two attached hydrogens (primary N) is 1. The SMILES string of the molecule is CCN(Cc1ccc(N)cc1)C(=O)c1ncccc1Br. The minimum atomic E-state index is -0.0863. The first-order chi connectivity index (χ1) is 9.61. The molecule has 4 nitrogen and oxygen atoms in total. The number of aromatic nitrogens is 1. The van der Waals surface area contributed by atoms with Crippen molar-refractivity contribution in [1.82, 2.24) is 9.88 Å². The molecule has 0 bridgehead atoms. The molecule has 104 valence electrons. The molecule has 5 heteroatoms. The molecule has 1 aromatic heterocycles. The standard InChI is InChI=1S/C15H16BrN3O/c1-2-19(10-11-5-7-12(17)8-6-11)15(20)14-13(16)4-3-9-18-14/h3-9H,2,10,17H2,1H3. The molecule has 0 spiro atoms. The minimum Gasteiger partial charge on any atom is -0.399 e. The van der Waals surface area contributed by atoms with Crippen molar-refractivity contribution in [1.29, 1.82) is 0 Å². The number of anilines is 1. The molecule has 0 radical (unpaired) electrons. The van der Waals surface area contributed by atoms with Gasteiger partial charge in [-0.15, -0.1) is 0 Å². The molecule has 1 aromatic carbocycles. The normalized spacial score (nSPS) is 10.3. The Balaban J connectivity index is 2.18. The lowest BCUT2D eigenvalue weighted by Crippen LogP contribution is -2.31. The summed E-state index contributed by atoms with van der Waals surface area (Å²) in [6.07, 6.45) is 1.62. The van der Waals surface area contributed by atoms with Gasteiger partial charge in [-0.25, -0.2) is 4.98 Å². The number of benzene rings is 1. The Kier molecular flexibility index (Phi) is 4.74. The molecule has 20 heavy (non-hydrogen) atoms. The molecule has 0 saturated carbocycles. The minimum absolute atomic E-state index is 0.0863. The number of nitrogen functional groups attached to an aromatic ring is 1. The smallest absolute Gasteiger partial charge is 0.273 e. The molecule has 2 aromatic rings. The zero-order chi connectivity index (χ0) is 14.5. The number of amides is 1. The molecule has 1 heterocycles. The van der Waals surface area contributed by atoms with Gasteiger partial charge >= 0.3 is 0 Å². The quantitative estimate of drug-likeness (QED) is 0.874. The molecule has 0 saturated heterocycles. The number of carbonyl (C=O) groups is 1. The van der Waals surface area contributed by atoms with Gasteiger partial charge in [0.05, 0.1) is 0 Å². The van der Waals surface area contributed by atoms with Crippen LogP contribution in [0.25, 0.3) is 0 Å². The Bertz CT molecular complexity index is 598. The van der Waals surface area contributed by atoms with E-state index < -0.39 is 0 Å². The van der Waals surface area contributed by atoms with E-state index in [4.69, 9.17) is 5.73 Å². The summed E-state index contributed by atoms with van der Waals surface area (Å²) in [6.45, 7) is 3.11. The molecule has 1 amide bonds. The highest BCUT2D eigenvalue weighted by Crippen LogP contribution is 2.17. The van der Waals surface area contributed by atoms with Crippen molar-refractivity contribution in [2.24, 2.45) is 0 Å². The Morgan fingerprint density at radius 1 is 1.30 bits per heavy atom. The van der Waals surface area contributed by atoms with Crippen molar-refractivity contribution >= 4 is 27.5 Å². The van der Waals surface area contributed by atoms with Crippen LogP contribution in [0.1, 0.15) is 23.0 Å². The third-order valence-electron chi connectivity index (χ3n) is 2.98. The van der Waals surface area contributed by atoms with E-state index in [2.05, 4.69) is 20.9 Å². The summed E-state index contributed by atoms with van der Waals surface area (Å²) in [5.74, 6) is -0.0863. The van der Waals surface area contributed by atoms with Crippen molar-refractivity contribution in [3.63, 3.8) is 0 Å². The van der Waals surface area contributed by atoms with Gasteiger partial charge in [-0.05, 0) is 52.7 Å². The van der Waals surface area contributed by atoms with Crippen LogP contribution >= 0.6 is 15.9 Å². The fourth-order valence-electron chi connectivity index (χ4n) is 1.86. The van der Waals surface area contributed by atoms with Gasteiger partial charge in [0.1, 0.15) is 5.69 Å². The van der Waals surface area contributed by atoms with Crippen molar-refractivity contribution in [2.75, 3.05) is 12.3 Å². The van der Waals surface area contributed by atoms with Gasteiger partial charge in [-0.3, -0.25) is 4.79 Å². The second-order valence-corrected chi connectivity index (χ2v) is 5.25. The fraction of sp³-hybridized carbons (Fsp3) is 0.200. The predicted molar refractivity (Wildman–Crippen MR) is 83.2 cm³/mol. The predicted octanol–water partition coefficient (Wildman–Crippen LogP) is 3.09. The van der Waals surface area contributed by atoms with E-state index in [0.717, 1.165) is 11.3 Å². The number of halogens is 1. The fourth-order valence-corrected chi connectivity index (χ4v) is 2.29. The van der Waals surface area contributed by atoms with Gasteiger partial charge in [0.25, 0.3) is 5.91 Å². The van der Waals surface area contributed by atoms with Gasteiger partial charge in [0, 0.05) is 29.4 Å². The van der Waals surface area contributed by atoms with Gasteiger partial charge < -0.3 is 10.6 Å². The van der Waals surface area contributed by atoms with Gasteiger partial charge in [-0.1, -0.05) is 12.1 Å². The zero-order valence-corrected chi connectivity index (χ0v) is 12.8. The highest BCUT2D eigenvalue weighted by molar-refractivity contribution is 9.10. The van der Waals surface area contributed by atoms with E-state index in [9.17, 15) is 4.79 Å². The Morgan fingerprint density at radius 3 is 2.60 bits per heavy atom. The first kappa shape index (κ1) is 14.5. The third-order valence-corrected chi connectivity index (χ3v) is 3.62. The van der Waals surface area contributed by atoms with E-state index in [0.29, 0.717) is 23.3 Å². The topological polar surface area (TPSA) is 59.2 Å². The third kappa shape index (κ3) is 3.36. The summed E-state index contributed by atoms with van der Waals surface area (Å²) in [5.41, 5.74) is 7.86. The van der Waals surface area contributed by atoms with Crippen LogP contribution in [-0.2, 0) is 6.54 Å². The molecular formula is C15H16BrN3O. The number of hydrogen-bond donors (Lipinski definition) is 1. The van der Waals surface area contributed by atoms with Crippen LogP contribution in [0.5, 0.6) is 0 Å². The number of pyridine rings is 1. The van der Waals surface area contributed by atoms with E-state index in [1.165, 1.54) is 0 Å². The van der Waals surface area contributed by atoms with E-state index in [1.54, 1.807) is 17.2 Å². The molecule has 2 N–H and O–H groups in total. The van der Waals surface area contributed by atoms with Crippen LogP contribution < -0.4 is 5.73 Å². The molecule has 0 fully saturated rings. The molecule has 0 aliphatic carbocycles. The first-order valence-electron chi connectivity index (χ1n) is 6.36. The molecule has 0 atom stereocenters. The van der Waals surface area contributed by atoms with Crippen LogP contribution in [0.2, 0.25) is 0 Å². The molecule has 0 aliphatic heterocycles. The van der Waals surface area contributed by atoms with Crippen LogP contribution in [0.4, 0.5) is 5.69 Å². The van der Waals surface area contributed by atoms with Crippen LogP contribution in [0, 0.1) is 0 Å². The van der Waals surface area contributed by atoms with Crippen LogP contribution in [0.15, 0.2) is 47.1 Å². The number of rotatable bonds is 4. The highest BCUT2D eigenvalue weighted by atomic mass is 79.9.